The minimum Gasteiger partial charge on any atom is -0.271 e. The topological polar surface area (TPSA) is 38.0 Å². The zero-order valence-corrected chi connectivity index (χ0v) is 11.6. The molecule has 1 aliphatic heterocycles. The van der Waals surface area contributed by atoms with E-state index in [-0.39, 0.29) is 0 Å². The smallest absolute Gasteiger partial charge is 0.0549 e. The molecule has 0 aromatic rings. The lowest BCUT2D eigenvalue weighted by Gasteiger charge is -2.36. The third-order valence-electron chi connectivity index (χ3n) is 3.47. The van der Waals surface area contributed by atoms with E-state index in [9.17, 15) is 0 Å². The van der Waals surface area contributed by atoms with Gasteiger partial charge in [-0.15, -0.1) is 0 Å². The summed E-state index contributed by atoms with van der Waals surface area (Å²) in [6.07, 6.45) is 7.59. The van der Waals surface area contributed by atoms with Gasteiger partial charge in [-0.3, -0.25) is 11.3 Å². The zero-order chi connectivity index (χ0) is 11.4. The van der Waals surface area contributed by atoms with Crippen LogP contribution in [0.25, 0.3) is 0 Å². The minimum absolute atomic E-state index is 0.396. The molecular weight excluding hydrogens is 236 g/mol. The van der Waals surface area contributed by atoms with Gasteiger partial charge in [0.25, 0.3) is 0 Å². The lowest BCUT2D eigenvalue weighted by molar-refractivity contribution is 0.524. The van der Waals surface area contributed by atoms with E-state index in [4.69, 9.17) is 5.84 Å². The number of rotatable bonds is 3. The first-order valence-electron chi connectivity index (χ1n) is 6.21. The maximum absolute atomic E-state index is 5.78. The van der Waals surface area contributed by atoms with Crippen LogP contribution in [0, 0.1) is 0 Å². The zero-order valence-electron chi connectivity index (χ0n) is 9.95. The van der Waals surface area contributed by atoms with E-state index in [1.54, 1.807) is 5.57 Å². The first kappa shape index (κ1) is 12.8. The molecule has 2 nitrogen and oxygen atoms in total. The normalized spacial score (nSPS) is 33.2. The van der Waals surface area contributed by atoms with Crippen LogP contribution in [0.1, 0.15) is 32.6 Å². The van der Waals surface area contributed by atoms with Crippen molar-refractivity contribution in [3.8, 4) is 0 Å². The summed E-state index contributed by atoms with van der Waals surface area (Å²) < 4.78 is 0. The van der Waals surface area contributed by atoms with E-state index in [1.165, 1.54) is 37.2 Å². The van der Waals surface area contributed by atoms with Gasteiger partial charge in [0.2, 0.25) is 0 Å². The molecule has 0 spiro atoms. The fourth-order valence-corrected chi connectivity index (χ4v) is 5.52. The van der Waals surface area contributed by atoms with Gasteiger partial charge in [-0.25, -0.2) is 0 Å². The number of thioether (sulfide) groups is 2. The molecule has 0 saturated carbocycles. The summed E-state index contributed by atoms with van der Waals surface area (Å²) in [5, 5.41) is 1.36. The van der Waals surface area contributed by atoms with E-state index in [0.717, 1.165) is 0 Å². The second kappa shape index (κ2) is 6.34. The Morgan fingerprint density at radius 1 is 1.38 bits per heavy atom. The molecule has 0 radical (unpaired) electrons. The minimum atomic E-state index is 0.396. The van der Waals surface area contributed by atoms with E-state index in [0.29, 0.717) is 16.5 Å². The van der Waals surface area contributed by atoms with Crippen LogP contribution in [0.15, 0.2) is 11.6 Å². The van der Waals surface area contributed by atoms with Crippen molar-refractivity contribution in [3.63, 3.8) is 0 Å². The van der Waals surface area contributed by atoms with Gasteiger partial charge in [-0.05, 0) is 25.7 Å². The van der Waals surface area contributed by atoms with Crippen molar-refractivity contribution in [2.45, 2.75) is 49.1 Å². The number of hydrogen-bond acceptors (Lipinski definition) is 4. The van der Waals surface area contributed by atoms with Gasteiger partial charge in [-0.2, -0.15) is 23.5 Å². The maximum atomic E-state index is 5.78. The van der Waals surface area contributed by atoms with Gasteiger partial charge in [0.15, 0.2) is 0 Å². The van der Waals surface area contributed by atoms with Crippen LogP contribution in [0.5, 0.6) is 0 Å². The summed E-state index contributed by atoms with van der Waals surface area (Å²) in [4.78, 5) is 0. The van der Waals surface area contributed by atoms with E-state index < -0.39 is 0 Å². The summed E-state index contributed by atoms with van der Waals surface area (Å²) in [7, 11) is 0. The predicted molar refractivity (Wildman–Crippen MR) is 75.8 cm³/mol. The molecule has 1 saturated heterocycles. The Kier molecular flexibility index (Phi) is 5.07. The average Bonchev–Trinajstić information content (AvgIpc) is 2.34. The largest absolute Gasteiger partial charge is 0.271 e. The first-order valence-corrected chi connectivity index (χ1v) is 8.31. The van der Waals surface area contributed by atoms with Gasteiger partial charge < -0.3 is 0 Å². The van der Waals surface area contributed by atoms with Crippen molar-refractivity contribution in [1.82, 2.24) is 5.43 Å². The lowest BCUT2D eigenvalue weighted by Crippen LogP contribution is -2.48. The molecule has 16 heavy (non-hydrogen) atoms. The molecule has 3 N–H and O–H groups in total. The van der Waals surface area contributed by atoms with Gasteiger partial charge in [0.05, 0.1) is 6.04 Å². The van der Waals surface area contributed by atoms with Crippen LogP contribution in [-0.2, 0) is 0 Å². The van der Waals surface area contributed by atoms with Gasteiger partial charge in [-0.1, -0.05) is 18.6 Å². The third kappa shape index (κ3) is 2.97. The molecule has 4 heteroatoms. The van der Waals surface area contributed by atoms with Gasteiger partial charge in [0, 0.05) is 22.0 Å². The van der Waals surface area contributed by atoms with Gasteiger partial charge >= 0.3 is 0 Å². The predicted octanol–water partition coefficient (Wildman–Crippen LogP) is 2.56. The molecule has 3 atom stereocenters. The molecule has 1 fully saturated rings. The van der Waals surface area contributed by atoms with Crippen LogP contribution < -0.4 is 11.3 Å². The summed E-state index contributed by atoms with van der Waals surface area (Å²) in [5.41, 5.74) is 4.63. The van der Waals surface area contributed by atoms with Crippen molar-refractivity contribution in [1.29, 1.82) is 0 Å². The van der Waals surface area contributed by atoms with Crippen molar-refractivity contribution < 1.29 is 0 Å². The molecule has 0 aromatic heterocycles. The maximum Gasteiger partial charge on any atom is 0.0549 e. The number of nitrogens with one attached hydrogen (secondary N) is 1. The summed E-state index contributed by atoms with van der Waals surface area (Å²) in [5.74, 6) is 8.34. The van der Waals surface area contributed by atoms with Crippen molar-refractivity contribution in [2.24, 2.45) is 5.84 Å². The van der Waals surface area contributed by atoms with Crippen molar-refractivity contribution >= 4 is 23.5 Å². The van der Waals surface area contributed by atoms with Crippen molar-refractivity contribution in [2.75, 3.05) is 11.5 Å². The van der Waals surface area contributed by atoms with E-state index in [2.05, 4.69) is 41.9 Å². The summed E-state index contributed by atoms with van der Waals surface area (Å²) >= 11 is 4.18. The highest BCUT2D eigenvalue weighted by Crippen LogP contribution is 2.36. The highest BCUT2D eigenvalue weighted by atomic mass is 32.2. The fourth-order valence-electron chi connectivity index (χ4n) is 2.57. The Hall–Kier alpha value is 0.360. The van der Waals surface area contributed by atoms with Crippen LogP contribution >= 0.6 is 23.5 Å². The SMILES string of the molecule is CC1SCCSC1C(NN)C1=CCCCC1. The molecule has 0 amide bonds. The number of allylic oxidation sites excluding steroid dienone is 1. The molecule has 0 aromatic carbocycles. The van der Waals surface area contributed by atoms with Crippen LogP contribution in [0.3, 0.4) is 0 Å². The lowest BCUT2D eigenvalue weighted by atomic mass is 9.91. The second-order valence-electron chi connectivity index (χ2n) is 4.58. The second-order valence-corrected chi connectivity index (χ2v) is 7.35. The molecule has 2 aliphatic rings. The van der Waals surface area contributed by atoms with E-state index >= 15 is 0 Å². The molecule has 0 bridgehead atoms. The molecule has 3 unspecified atom stereocenters. The average molecular weight is 258 g/mol. The van der Waals surface area contributed by atoms with Crippen LogP contribution in [0.4, 0.5) is 0 Å². The molecule has 1 aliphatic carbocycles. The quantitative estimate of drug-likeness (QED) is 0.463. The first-order chi connectivity index (χ1) is 7.83. The Morgan fingerprint density at radius 3 is 2.81 bits per heavy atom. The van der Waals surface area contributed by atoms with Crippen LogP contribution in [-0.4, -0.2) is 28.0 Å². The third-order valence-corrected chi connectivity index (χ3v) is 6.67. The summed E-state index contributed by atoms with van der Waals surface area (Å²) in [6, 6.07) is 0.396. The fraction of sp³-hybridized carbons (Fsp3) is 0.833. The van der Waals surface area contributed by atoms with Crippen LogP contribution in [0.2, 0.25) is 0 Å². The Labute approximate surface area is 107 Å². The highest BCUT2D eigenvalue weighted by molar-refractivity contribution is 8.07. The number of nitrogens with two attached hydrogens (primary N) is 1. The molecular formula is C12H22N2S2. The number of hydrazine groups is 1. The standard InChI is InChI=1S/C12H22N2S2/c1-9-12(16-8-7-15-9)11(14-13)10-5-3-2-4-6-10/h5,9,11-12,14H,2-4,6-8,13H2,1H3. The van der Waals surface area contributed by atoms with Gasteiger partial charge in [0.1, 0.15) is 0 Å². The Balaban J connectivity index is 2.05. The Morgan fingerprint density at radius 2 is 2.19 bits per heavy atom. The molecule has 1 heterocycles. The monoisotopic (exact) mass is 258 g/mol. The van der Waals surface area contributed by atoms with Crippen molar-refractivity contribution in [3.05, 3.63) is 11.6 Å². The van der Waals surface area contributed by atoms with E-state index in [1.807, 2.05) is 0 Å². The molecule has 92 valence electrons. The highest BCUT2D eigenvalue weighted by Gasteiger charge is 2.32. The Bertz CT molecular complexity index is 255. The number of hydrogen-bond donors (Lipinski definition) is 2. The molecule has 2 rings (SSSR count). The summed E-state index contributed by atoms with van der Waals surface area (Å²) in [6.45, 7) is 2.34.